The largest absolute Gasteiger partial charge is 0.756 e. The number of hydrogen-bond acceptors (Lipinski definition) is 6. The van der Waals surface area contributed by atoms with Crippen molar-refractivity contribution in [3.05, 3.63) is 36.5 Å². The van der Waals surface area contributed by atoms with Gasteiger partial charge in [0.05, 0.1) is 39.9 Å². The molecule has 8 nitrogen and oxygen atoms in total. The summed E-state index contributed by atoms with van der Waals surface area (Å²) in [5, 5.41) is 14.0. The number of unbranched alkanes of at least 4 members (excludes halogenated alkanes) is 32. The minimum absolute atomic E-state index is 0.0127. The number of likely N-dealkylation sites (N-methyl/N-ethyl adjacent to an activating group) is 1. The van der Waals surface area contributed by atoms with Crippen molar-refractivity contribution in [2.24, 2.45) is 0 Å². The maximum Gasteiger partial charge on any atom is 0.268 e. The Morgan fingerprint density at radius 1 is 0.538 bits per heavy atom. The molecule has 0 radical (unpaired) electrons. The molecule has 2 N–H and O–H groups in total. The number of aliphatic hydroxyl groups is 1. The molecule has 0 saturated heterocycles. The molecule has 0 aromatic heterocycles. The monoisotopic (exact) mass is 937 g/mol. The van der Waals surface area contributed by atoms with E-state index in [1.54, 1.807) is 0 Å². The maximum absolute atomic E-state index is 13.0. The number of allylic oxidation sites excluding steroid dienone is 6. The lowest BCUT2D eigenvalue weighted by atomic mass is 10.0. The van der Waals surface area contributed by atoms with Gasteiger partial charge in [0.25, 0.3) is 7.82 Å². The van der Waals surface area contributed by atoms with Crippen LogP contribution in [0.1, 0.15) is 264 Å². The predicted octanol–water partition coefficient (Wildman–Crippen LogP) is 16.0. The number of quaternary nitrogens is 1. The van der Waals surface area contributed by atoms with Crippen LogP contribution in [0.3, 0.4) is 0 Å². The highest BCUT2D eigenvalue weighted by Gasteiger charge is 2.24. The average Bonchev–Trinajstić information content (AvgIpc) is 3.26. The SMILES string of the molecule is CCCCCCC/C=C\C/C=C\C/C=C\CCCCCCCCCCCCCCCCC(=O)NC(COP(=O)([O-])OCC[N+](C)(C)C)C(O)CCCCCCCCCCCCCCCC. The van der Waals surface area contributed by atoms with E-state index in [0.717, 1.165) is 51.4 Å². The number of amides is 1. The predicted molar refractivity (Wildman–Crippen MR) is 279 cm³/mol. The summed E-state index contributed by atoms with van der Waals surface area (Å²) in [6.07, 6.45) is 60.2. The zero-order chi connectivity index (χ0) is 47.8. The van der Waals surface area contributed by atoms with Crippen LogP contribution in [0.15, 0.2) is 36.5 Å². The first-order valence-corrected chi connectivity index (χ1v) is 29.3. The molecule has 0 fully saturated rings. The van der Waals surface area contributed by atoms with Gasteiger partial charge >= 0.3 is 0 Å². The van der Waals surface area contributed by atoms with Gasteiger partial charge < -0.3 is 28.8 Å². The smallest absolute Gasteiger partial charge is 0.268 e. The van der Waals surface area contributed by atoms with E-state index in [9.17, 15) is 19.4 Å². The second-order valence-electron chi connectivity index (χ2n) is 20.3. The van der Waals surface area contributed by atoms with Crippen molar-refractivity contribution in [3.63, 3.8) is 0 Å². The van der Waals surface area contributed by atoms with Crippen molar-refractivity contribution in [1.29, 1.82) is 0 Å². The third-order valence-corrected chi connectivity index (χ3v) is 13.6. The summed E-state index contributed by atoms with van der Waals surface area (Å²) in [5.41, 5.74) is 0. The molecule has 0 aliphatic carbocycles. The number of aliphatic hydroxyl groups excluding tert-OH is 1. The number of nitrogens with one attached hydrogen (secondary N) is 1. The van der Waals surface area contributed by atoms with Gasteiger partial charge in [-0.2, -0.15) is 0 Å². The van der Waals surface area contributed by atoms with Gasteiger partial charge in [-0.1, -0.05) is 243 Å². The summed E-state index contributed by atoms with van der Waals surface area (Å²) < 4.78 is 23.4. The van der Waals surface area contributed by atoms with Gasteiger partial charge in [0.2, 0.25) is 5.91 Å². The Balaban J connectivity index is 4.09. The fourth-order valence-electron chi connectivity index (χ4n) is 8.22. The zero-order valence-electron chi connectivity index (χ0n) is 43.7. The van der Waals surface area contributed by atoms with Gasteiger partial charge in [0, 0.05) is 6.42 Å². The first-order valence-electron chi connectivity index (χ1n) is 27.8. The van der Waals surface area contributed by atoms with Crippen molar-refractivity contribution in [2.45, 2.75) is 276 Å². The third-order valence-electron chi connectivity index (χ3n) is 12.6. The lowest BCUT2D eigenvalue weighted by molar-refractivity contribution is -0.870. The lowest BCUT2D eigenvalue weighted by Crippen LogP contribution is -2.46. The topological polar surface area (TPSA) is 108 Å². The summed E-state index contributed by atoms with van der Waals surface area (Å²) in [5.74, 6) is -0.164. The van der Waals surface area contributed by atoms with E-state index in [4.69, 9.17) is 9.05 Å². The minimum Gasteiger partial charge on any atom is -0.756 e. The molecule has 0 aliphatic rings. The van der Waals surface area contributed by atoms with Gasteiger partial charge in [-0.15, -0.1) is 0 Å². The van der Waals surface area contributed by atoms with Gasteiger partial charge in [0.15, 0.2) is 0 Å². The molecule has 0 saturated carbocycles. The fourth-order valence-corrected chi connectivity index (χ4v) is 8.95. The van der Waals surface area contributed by atoms with Crippen LogP contribution in [-0.4, -0.2) is 68.5 Å². The van der Waals surface area contributed by atoms with E-state index in [1.165, 1.54) is 186 Å². The van der Waals surface area contributed by atoms with Crippen LogP contribution >= 0.6 is 7.82 Å². The number of carbonyl (C=O) groups is 1. The summed E-state index contributed by atoms with van der Waals surface area (Å²) in [7, 11) is 1.31. The molecule has 65 heavy (non-hydrogen) atoms. The molecule has 3 atom stereocenters. The van der Waals surface area contributed by atoms with Crippen molar-refractivity contribution < 1.29 is 32.9 Å². The fraction of sp³-hybridized carbons (Fsp3) is 0.875. The average molecular weight is 937 g/mol. The van der Waals surface area contributed by atoms with Gasteiger partial charge in [-0.05, 0) is 51.4 Å². The lowest BCUT2D eigenvalue weighted by Gasteiger charge is -2.30. The van der Waals surface area contributed by atoms with Crippen LogP contribution in [0.25, 0.3) is 0 Å². The van der Waals surface area contributed by atoms with Gasteiger partial charge in [0.1, 0.15) is 13.2 Å². The van der Waals surface area contributed by atoms with Crippen molar-refractivity contribution in [1.82, 2.24) is 5.32 Å². The van der Waals surface area contributed by atoms with E-state index < -0.39 is 20.0 Å². The van der Waals surface area contributed by atoms with Crippen molar-refractivity contribution in [2.75, 3.05) is 40.9 Å². The van der Waals surface area contributed by atoms with Crippen LogP contribution in [-0.2, 0) is 18.4 Å². The highest BCUT2D eigenvalue weighted by molar-refractivity contribution is 7.45. The Kier molecular flexibility index (Phi) is 46.8. The summed E-state index contributed by atoms with van der Waals surface area (Å²) in [4.78, 5) is 25.5. The van der Waals surface area contributed by atoms with Crippen molar-refractivity contribution in [3.8, 4) is 0 Å². The molecule has 0 rings (SSSR count). The second-order valence-corrected chi connectivity index (χ2v) is 21.7. The molecular weight excluding hydrogens is 828 g/mol. The van der Waals surface area contributed by atoms with Crippen LogP contribution in [0, 0.1) is 0 Å². The standard InChI is InChI=1S/C56H109N2O6P/c1-6-8-10-12-14-16-18-20-22-23-24-25-26-27-28-29-30-31-32-33-34-35-36-38-40-42-44-46-48-50-56(60)57-54(53-64-65(61,62)63-52-51-58(3,4)5)55(59)49-47-45-43-41-39-37-21-19-17-15-13-11-9-7-2/h18,20,23-24,26-27,54-55,59H,6-17,19,21-22,25,28-53H2,1-5H3,(H-,57,60,61,62)/b20-18-,24-23-,27-26-. The third kappa shape index (κ3) is 50.4. The summed E-state index contributed by atoms with van der Waals surface area (Å²) in [6.45, 7) is 4.73. The molecule has 0 aromatic rings. The Labute approximate surface area is 404 Å². The van der Waals surface area contributed by atoms with E-state index >= 15 is 0 Å². The van der Waals surface area contributed by atoms with E-state index in [0.29, 0.717) is 23.9 Å². The number of carbonyl (C=O) groups excluding carboxylic acids is 1. The quantitative estimate of drug-likeness (QED) is 0.0272. The van der Waals surface area contributed by atoms with E-state index in [-0.39, 0.29) is 19.1 Å². The first-order chi connectivity index (χ1) is 31.5. The Bertz CT molecular complexity index is 1150. The Morgan fingerprint density at radius 3 is 1.29 bits per heavy atom. The summed E-state index contributed by atoms with van der Waals surface area (Å²) >= 11 is 0. The molecule has 384 valence electrons. The van der Waals surface area contributed by atoms with Crippen LogP contribution < -0.4 is 10.2 Å². The second kappa shape index (κ2) is 47.8. The highest BCUT2D eigenvalue weighted by Crippen LogP contribution is 2.38. The Morgan fingerprint density at radius 2 is 0.892 bits per heavy atom. The number of rotatable bonds is 51. The molecule has 9 heteroatoms. The van der Waals surface area contributed by atoms with Crippen LogP contribution in [0.5, 0.6) is 0 Å². The molecule has 1 amide bonds. The summed E-state index contributed by atoms with van der Waals surface area (Å²) in [6, 6.07) is -0.800. The molecule has 3 unspecified atom stereocenters. The maximum atomic E-state index is 13.0. The number of phosphoric acid groups is 1. The van der Waals surface area contributed by atoms with Crippen LogP contribution in [0.4, 0.5) is 0 Å². The number of phosphoric ester groups is 1. The van der Waals surface area contributed by atoms with Crippen molar-refractivity contribution >= 4 is 13.7 Å². The van der Waals surface area contributed by atoms with Gasteiger partial charge in [-0.25, -0.2) is 0 Å². The normalized spacial score (nSPS) is 14.3. The molecule has 0 aliphatic heterocycles. The molecule has 0 bridgehead atoms. The number of nitrogens with zero attached hydrogens (tertiary/aromatic N) is 1. The first kappa shape index (κ1) is 63.7. The van der Waals surface area contributed by atoms with Crippen LogP contribution in [0.2, 0.25) is 0 Å². The molecule has 0 heterocycles. The van der Waals surface area contributed by atoms with E-state index in [2.05, 4.69) is 55.6 Å². The van der Waals surface area contributed by atoms with E-state index in [1.807, 2.05) is 21.1 Å². The van der Waals surface area contributed by atoms with Gasteiger partial charge in [-0.3, -0.25) is 9.36 Å². The highest BCUT2D eigenvalue weighted by atomic mass is 31.2. The number of hydrogen-bond donors (Lipinski definition) is 2. The molecular formula is C56H109N2O6P. The molecule has 0 aromatic carbocycles. The zero-order valence-corrected chi connectivity index (χ0v) is 44.6. The Hall–Kier alpha value is -1.28. The molecule has 0 spiro atoms. The minimum atomic E-state index is -4.57.